The van der Waals surface area contributed by atoms with Gasteiger partial charge in [-0.1, -0.05) is 66.9 Å². The molecule has 0 saturated heterocycles. The molecular weight excluding hydrogens is 410 g/mol. The van der Waals surface area contributed by atoms with E-state index in [2.05, 4.69) is 110 Å². The van der Waals surface area contributed by atoms with Crippen molar-refractivity contribution in [2.24, 2.45) is 0 Å². The summed E-state index contributed by atoms with van der Waals surface area (Å²) in [7, 11) is 0. The zero-order chi connectivity index (χ0) is 24.4. The first-order valence-corrected chi connectivity index (χ1v) is 12.5. The van der Waals surface area contributed by atoms with Gasteiger partial charge in [0.15, 0.2) is 0 Å². The van der Waals surface area contributed by atoms with E-state index in [0.29, 0.717) is 0 Å². The molecule has 1 aliphatic carbocycles. The number of fused-ring (bicyclic) bond motifs is 3. The highest BCUT2D eigenvalue weighted by Crippen LogP contribution is 2.55. The van der Waals surface area contributed by atoms with Crippen LogP contribution in [0.3, 0.4) is 0 Å². The topological polar surface area (TPSA) is 12.9 Å². The summed E-state index contributed by atoms with van der Waals surface area (Å²) in [6.07, 6.45) is 1.05. The van der Waals surface area contributed by atoms with Gasteiger partial charge in [-0.15, -0.1) is 0 Å². The summed E-state index contributed by atoms with van der Waals surface area (Å²) in [5.74, 6) is 0. The fourth-order valence-electron chi connectivity index (χ4n) is 6.32. The van der Waals surface area contributed by atoms with E-state index in [1.165, 1.54) is 66.8 Å². The van der Waals surface area contributed by atoms with Gasteiger partial charge in [-0.3, -0.25) is 0 Å². The molecule has 1 aliphatic rings. The van der Waals surface area contributed by atoms with Crippen molar-refractivity contribution in [3.05, 3.63) is 99.1 Å². The second kappa shape index (κ2) is 7.94. The molecule has 1 heterocycles. The van der Waals surface area contributed by atoms with E-state index < -0.39 is 0 Å². The van der Waals surface area contributed by atoms with Crippen molar-refractivity contribution in [1.29, 1.82) is 0 Å². The number of hydrogen-bond acceptors (Lipinski definition) is 1. The van der Waals surface area contributed by atoms with Crippen LogP contribution in [0, 0.1) is 41.5 Å². The van der Waals surface area contributed by atoms with Gasteiger partial charge in [0.2, 0.25) is 0 Å². The van der Waals surface area contributed by atoms with E-state index in [-0.39, 0.29) is 5.41 Å². The predicted molar refractivity (Wildman–Crippen MR) is 146 cm³/mol. The average molecular weight is 446 g/mol. The highest BCUT2D eigenvalue weighted by molar-refractivity contribution is 5.93. The van der Waals surface area contributed by atoms with Crippen LogP contribution in [0.1, 0.15) is 64.8 Å². The molecule has 0 bridgehead atoms. The van der Waals surface area contributed by atoms with Crippen molar-refractivity contribution in [3.8, 4) is 33.6 Å². The summed E-state index contributed by atoms with van der Waals surface area (Å²) in [4.78, 5) is 5.45. The Bertz CT molecular complexity index is 1420. The molecule has 0 spiro atoms. The zero-order valence-electron chi connectivity index (χ0n) is 21.9. The zero-order valence-corrected chi connectivity index (χ0v) is 21.9. The lowest BCUT2D eigenvalue weighted by Gasteiger charge is -2.28. The lowest BCUT2D eigenvalue weighted by atomic mass is 9.75. The van der Waals surface area contributed by atoms with E-state index in [9.17, 15) is 0 Å². The standard InChI is InChI=1S/C33H35N/c1-9-33(8)27-18-28(29-22(5)11-10-12-23(29)6)34-32(25-15-19(2)13-20(3)16-25)30(27)26-17-21(4)14-24(7)31(26)33/h10-18H,9H2,1-8H3/t33-/m1/s1. The third-order valence-corrected chi connectivity index (χ3v) is 7.85. The number of hydrogen-bond donors (Lipinski definition) is 0. The molecular formula is C33H35N. The normalized spacial score (nSPS) is 16.5. The van der Waals surface area contributed by atoms with Crippen LogP contribution in [-0.4, -0.2) is 4.98 Å². The van der Waals surface area contributed by atoms with Crippen molar-refractivity contribution in [2.75, 3.05) is 0 Å². The first-order valence-electron chi connectivity index (χ1n) is 12.5. The minimum Gasteiger partial charge on any atom is -0.247 e. The van der Waals surface area contributed by atoms with Gasteiger partial charge in [0.05, 0.1) is 11.4 Å². The van der Waals surface area contributed by atoms with E-state index >= 15 is 0 Å². The van der Waals surface area contributed by atoms with Gasteiger partial charge in [0.1, 0.15) is 0 Å². The molecule has 0 amide bonds. The minimum absolute atomic E-state index is 0.0374. The molecule has 1 nitrogen and oxygen atoms in total. The van der Waals surface area contributed by atoms with E-state index in [1.807, 2.05) is 0 Å². The average Bonchev–Trinajstić information content (AvgIpc) is 3.01. The first-order chi connectivity index (χ1) is 16.1. The summed E-state index contributed by atoms with van der Waals surface area (Å²) in [5.41, 5.74) is 18.0. The molecule has 34 heavy (non-hydrogen) atoms. The quantitative estimate of drug-likeness (QED) is 0.307. The Balaban J connectivity index is 1.95. The number of benzene rings is 3. The summed E-state index contributed by atoms with van der Waals surface area (Å²) in [6.45, 7) is 18.0. The minimum atomic E-state index is -0.0374. The maximum Gasteiger partial charge on any atom is 0.0791 e. The molecule has 0 saturated carbocycles. The molecule has 1 aromatic heterocycles. The predicted octanol–water partition coefficient (Wildman–Crippen LogP) is 8.96. The fourth-order valence-corrected chi connectivity index (χ4v) is 6.32. The number of aromatic nitrogens is 1. The van der Waals surface area contributed by atoms with Crippen LogP contribution in [0.25, 0.3) is 33.6 Å². The Morgan fingerprint density at radius 1 is 0.706 bits per heavy atom. The molecule has 0 radical (unpaired) electrons. The second-order valence-corrected chi connectivity index (χ2v) is 10.6. The van der Waals surface area contributed by atoms with Gasteiger partial charge >= 0.3 is 0 Å². The number of rotatable bonds is 3. The molecule has 0 unspecified atom stereocenters. The highest BCUT2D eigenvalue weighted by Gasteiger charge is 2.41. The van der Waals surface area contributed by atoms with Crippen LogP contribution in [0.4, 0.5) is 0 Å². The van der Waals surface area contributed by atoms with Gasteiger partial charge in [-0.25, -0.2) is 4.98 Å². The smallest absolute Gasteiger partial charge is 0.0791 e. The van der Waals surface area contributed by atoms with Gasteiger partial charge in [-0.2, -0.15) is 0 Å². The van der Waals surface area contributed by atoms with Gasteiger partial charge in [0, 0.05) is 22.1 Å². The van der Waals surface area contributed by atoms with E-state index in [1.54, 1.807) is 0 Å². The molecule has 5 rings (SSSR count). The number of aryl methyl sites for hydroxylation is 6. The van der Waals surface area contributed by atoms with Crippen molar-refractivity contribution in [2.45, 2.75) is 67.2 Å². The van der Waals surface area contributed by atoms with Gasteiger partial charge < -0.3 is 0 Å². The van der Waals surface area contributed by atoms with E-state index in [0.717, 1.165) is 17.8 Å². The molecule has 172 valence electrons. The van der Waals surface area contributed by atoms with Crippen LogP contribution in [0.2, 0.25) is 0 Å². The Morgan fingerprint density at radius 3 is 1.94 bits per heavy atom. The lowest BCUT2D eigenvalue weighted by molar-refractivity contribution is 0.561. The summed E-state index contributed by atoms with van der Waals surface area (Å²) in [5, 5.41) is 0. The third kappa shape index (κ3) is 3.33. The Hall–Kier alpha value is -3.19. The molecule has 0 aliphatic heterocycles. The second-order valence-electron chi connectivity index (χ2n) is 10.6. The molecule has 1 atom stereocenters. The SMILES string of the molecule is CC[C@]1(C)c2cc(-c3c(C)cccc3C)nc(-c3cc(C)cc(C)c3)c2-c2cc(C)cc(C)c21. The Morgan fingerprint density at radius 2 is 1.32 bits per heavy atom. The van der Waals surface area contributed by atoms with Crippen molar-refractivity contribution in [1.82, 2.24) is 4.98 Å². The Kier molecular flexibility index (Phi) is 5.28. The maximum atomic E-state index is 5.45. The van der Waals surface area contributed by atoms with Crippen molar-refractivity contribution >= 4 is 0 Å². The molecule has 0 fully saturated rings. The van der Waals surface area contributed by atoms with Crippen LogP contribution in [-0.2, 0) is 5.41 Å². The third-order valence-electron chi connectivity index (χ3n) is 7.85. The van der Waals surface area contributed by atoms with Crippen LogP contribution in [0.15, 0.2) is 54.6 Å². The van der Waals surface area contributed by atoms with Gasteiger partial charge in [-0.05, 0) is 99.5 Å². The summed E-state index contributed by atoms with van der Waals surface area (Å²) < 4.78 is 0. The van der Waals surface area contributed by atoms with E-state index in [4.69, 9.17) is 4.98 Å². The molecule has 4 aromatic rings. The molecule has 3 aromatic carbocycles. The summed E-state index contributed by atoms with van der Waals surface area (Å²) >= 11 is 0. The van der Waals surface area contributed by atoms with Crippen LogP contribution < -0.4 is 0 Å². The first kappa shape index (κ1) is 22.6. The Labute approximate surface area is 204 Å². The van der Waals surface area contributed by atoms with Crippen LogP contribution in [0.5, 0.6) is 0 Å². The van der Waals surface area contributed by atoms with Crippen molar-refractivity contribution < 1.29 is 0 Å². The van der Waals surface area contributed by atoms with Gasteiger partial charge in [0.25, 0.3) is 0 Å². The monoisotopic (exact) mass is 445 g/mol. The highest BCUT2D eigenvalue weighted by atomic mass is 14.7. The largest absolute Gasteiger partial charge is 0.247 e. The summed E-state index contributed by atoms with van der Waals surface area (Å²) in [6, 6.07) is 20.5. The fraction of sp³-hybridized carbons (Fsp3) is 0.303. The molecule has 1 heteroatoms. The molecule has 0 N–H and O–H groups in total. The number of pyridine rings is 1. The maximum absolute atomic E-state index is 5.45. The van der Waals surface area contributed by atoms with Crippen LogP contribution >= 0.6 is 0 Å². The van der Waals surface area contributed by atoms with Crippen molar-refractivity contribution in [3.63, 3.8) is 0 Å². The lowest BCUT2D eigenvalue weighted by Crippen LogP contribution is -2.21. The number of nitrogens with zero attached hydrogens (tertiary/aromatic N) is 1.